The van der Waals surface area contributed by atoms with Crippen molar-refractivity contribution in [3.8, 4) is 0 Å². The summed E-state index contributed by atoms with van der Waals surface area (Å²) < 4.78 is 5.04. The van der Waals surface area contributed by atoms with Crippen molar-refractivity contribution in [2.75, 3.05) is 17.3 Å². The lowest BCUT2D eigenvalue weighted by molar-refractivity contribution is 0.400. The maximum atomic E-state index is 5.04. The minimum atomic E-state index is 0.492. The molecule has 0 amide bonds. The van der Waals surface area contributed by atoms with Crippen LogP contribution < -0.4 is 10.2 Å². The molecular formula is C16H17N5O. The second-order valence-electron chi connectivity index (χ2n) is 5.03. The number of rotatable bonds is 4. The number of hydrogen-bond acceptors (Lipinski definition) is 6. The smallest absolute Gasteiger partial charge is 0.230 e. The molecule has 0 bridgehead atoms. The highest BCUT2D eigenvalue weighted by Gasteiger charge is 2.10. The number of para-hydroxylation sites is 1. The maximum absolute atomic E-state index is 5.04. The molecule has 0 spiro atoms. The first kappa shape index (κ1) is 14.1. The monoisotopic (exact) mass is 295 g/mol. The minimum Gasteiger partial charge on any atom is -0.360 e. The quantitative estimate of drug-likeness (QED) is 0.793. The van der Waals surface area contributed by atoms with Crippen molar-refractivity contribution in [3.05, 3.63) is 53.9 Å². The Labute approximate surface area is 128 Å². The predicted octanol–water partition coefficient (Wildman–Crippen LogP) is 3.59. The molecule has 0 aliphatic rings. The Kier molecular flexibility index (Phi) is 3.74. The van der Waals surface area contributed by atoms with Gasteiger partial charge in [0, 0.05) is 30.6 Å². The summed E-state index contributed by atoms with van der Waals surface area (Å²) in [5, 5.41) is 6.95. The van der Waals surface area contributed by atoms with Crippen LogP contribution >= 0.6 is 0 Å². The molecule has 0 aliphatic carbocycles. The Balaban J connectivity index is 1.89. The standard InChI is InChI=1S/C16H17N5O/c1-11-9-15(21(3)13-7-5-4-6-8-13)19-16(17-11)18-14-10-12(2)22-20-14/h4-10H,1-3H3,(H,17,18,19,20). The molecule has 0 fully saturated rings. The van der Waals surface area contributed by atoms with E-state index in [1.54, 1.807) is 6.07 Å². The van der Waals surface area contributed by atoms with Crippen LogP contribution in [0.4, 0.5) is 23.3 Å². The van der Waals surface area contributed by atoms with E-state index in [1.807, 2.05) is 62.2 Å². The number of aryl methyl sites for hydroxylation is 2. The summed E-state index contributed by atoms with van der Waals surface area (Å²) in [5.41, 5.74) is 1.93. The Morgan fingerprint density at radius 3 is 2.50 bits per heavy atom. The molecule has 3 aromatic rings. The molecule has 3 rings (SSSR count). The second kappa shape index (κ2) is 5.85. The molecule has 22 heavy (non-hydrogen) atoms. The molecule has 6 nitrogen and oxygen atoms in total. The van der Waals surface area contributed by atoms with Crippen molar-refractivity contribution in [1.82, 2.24) is 15.1 Å². The zero-order chi connectivity index (χ0) is 15.5. The van der Waals surface area contributed by atoms with Gasteiger partial charge in [0.1, 0.15) is 11.6 Å². The zero-order valence-corrected chi connectivity index (χ0v) is 12.7. The van der Waals surface area contributed by atoms with Crippen molar-refractivity contribution in [2.45, 2.75) is 13.8 Å². The number of aromatic nitrogens is 3. The fourth-order valence-electron chi connectivity index (χ4n) is 2.10. The molecule has 0 radical (unpaired) electrons. The normalized spacial score (nSPS) is 10.5. The summed E-state index contributed by atoms with van der Waals surface area (Å²) in [6, 6.07) is 13.8. The largest absolute Gasteiger partial charge is 0.360 e. The summed E-state index contributed by atoms with van der Waals surface area (Å²) in [6.45, 7) is 3.77. The fraction of sp³-hybridized carbons (Fsp3) is 0.188. The Bertz CT molecular complexity index is 769. The van der Waals surface area contributed by atoms with E-state index in [0.717, 1.165) is 23.0 Å². The van der Waals surface area contributed by atoms with Crippen molar-refractivity contribution in [2.24, 2.45) is 0 Å². The lowest BCUT2D eigenvalue weighted by Gasteiger charge is -2.19. The molecule has 112 valence electrons. The summed E-state index contributed by atoms with van der Waals surface area (Å²) in [7, 11) is 1.97. The molecule has 2 heterocycles. The highest BCUT2D eigenvalue weighted by molar-refractivity contribution is 5.61. The van der Waals surface area contributed by atoms with E-state index in [1.165, 1.54) is 0 Å². The van der Waals surface area contributed by atoms with Gasteiger partial charge in [-0.3, -0.25) is 0 Å². The number of benzene rings is 1. The third-order valence-corrected chi connectivity index (χ3v) is 3.20. The topological polar surface area (TPSA) is 67.1 Å². The van der Waals surface area contributed by atoms with Gasteiger partial charge in [-0.15, -0.1) is 0 Å². The first-order chi connectivity index (χ1) is 10.6. The van der Waals surface area contributed by atoms with E-state index in [9.17, 15) is 0 Å². The van der Waals surface area contributed by atoms with Gasteiger partial charge in [-0.2, -0.15) is 4.98 Å². The highest BCUT2D eigenvalue weighted by atomic mass is 16.5. The lowest BCUT2D eigenvalue weighted by atomic mass is 10.3. The van der Waals surface area contributed by atoms with Crippen LogP contribution in [-0.2, 0) is 0 Å². The molecule has 0 saturated heterocycles. The molecule has 1 N–H and O–H groups in total. The summed E-state index contributed by atoms with van der Waals surface area (Å²) >= 11 is 0. The molecule has 0 aliphatic heterocycles. The lowest BCUT2D eigenvalue weighted by Crippen LogP contribution is -2.13. The van der Waals surface area contributed by atoms with Gasteiger partial charge in [0.15, 0.2) is 5.82 Å². The van der Waals surface area contributed by atoms with Crippen molar-refractivity contribution in [3.63, 3.8) is 0 Å². The predicted molar refractivity (Wildman–Crippen MR) is 85.8 cm³/mol. The van der Waals surface area contributed by atoms with E-state index < -0.39 is 0 Å². The number of anilines is 4. The van der Waals surface area contributed by atoms with Crippen LogP contribution in [0.2, 0.25) is 0 Å². The van der Waals surface area contributed by atoms with Gasteiger partial charge >= 0.3 is 0 Å². The first-order valence-electron chi connectivity index (χ1n) is 6.96. The van der Waals surface area contributed by atoms with Crippen molar-refractivity contribution in [1.29, 1.82) is 0 Å². The first-order valence-corrected chi connectivity index (χ1v) is 6.96. The molecule has 0 atom stereocenters. The fourth-order valence-corrected chi connectivity index (χ4v) is 2.10. The average Bonchev–Trinajstić information content (AvgIpc) is 2.92. The Morgan fingerprint density at radius 2 is 1.82 bits per heavy atom. The van der Waals surface area contributed by atoms with Crippen LogP contribution in [0.5, 0.6) is 0 Å². The summed E-state index contributed by atoms with van der Waals surface area (Å²) in [6.07, 6.45) is 0. The van der Waals surface area contributed by atoms with E-state index in [0.29, 0.717) is 11.8 Å². The second-order valence-corrected chi connectivity index (χ2v) is 5.03. The third kappa shape index (κ3) is 3.06. The van der Waals surface area contributed by atoms with Gasteiger partial charge in [-0.1, -0.05) is 23.4 Å². The summed E-state index contributed by atoms with van der Waals surface area (Å²) in [5.74, 6) is 2.63. The molecule has 6 heteroatoms. The van der Waals surface area contributed by atoms with Crippen molar-refractivity contribution < 1.29 is 4.52 Å². The SMILES string of the molecule is Cc1cc(N(C)c2ccccc2)nc(Nc2cc(C)on2)n1. The van der Waals surface area contributed by atoms with E-state index >= 15 is 0 Å². The third-order valence-electron chi connectivity index (χ3n) is 3.20. The van der Waals surface area contributed by atoms with Crippen LogP contribution in [0.25, 0.3) is 0 Å². The molecule has 1 aromatic carbocycles. The summed E-state index contributed by atoms with van der Waals surface area (Å²) in [4.78, 5) is 10.9. The van der Waals surface area contributed by atoms with Gasteiger partial charge in [0.2, 0.25) is 5.95 Å². The van der Waals surface area contributed by atoms with Crippen LogP contribution in [0.3, 0.4) is 0 Å². The van der Waals surface area contributed by atoms with Gasteiger partial charge in [0.25, 0.3) is 0 Å². The molecular weight excluding hydrogens is 278 g/mol. The maximum Gasteiger partial charge on any atom is 0.230 e. The van der Waals surface area contributed by atoms with E-state index in [4.69, 9.17) is 4.52 Å². The van der Waals surface area contributed by atoms with Crippen LogP contribution in [-0.4, -0.2) is 22.2 Å². The van der Waals surface area contributed by atoms with Gasteiger partial charge < -0.3 is 14.7 Å². The molecule has 0 unspecified atom stereocenters. The Hall–Kier alpha value is -2.89. The number of nitrogens with zero attached hydrogens (tertiary/aromatic N) is 4. The Morgan fingerprint density at radius 1 is 1.05 bits per heavy atom. The number of nitrogens with one attached hydrogen (secondary N) is 1. The van der Waals surface area contributed by atoms with Crippen LogP contribution in [0, 0.1) is 13.8 Å². The van der Waals surface area contributed by atoms with Crippen LogP contribution in [0.15, 0.2) is 47.0 Å². The average molecular weight is 295 g/mol. The number of hydrogen-bond donors (Lipinski definition) is 1. The van der Waals surface area contributed by atoms with Gasteiger partial charge in [0.05, 0.1) is 0 Å². The highest BCUT2D eigenvalue weighted by Crippen LogP contribution is 2.23. The van der Waals surface area contributed by atoms with Gasteiger partial charge in [-0.05, 0) is 26.0 Å². The van der Waals surface area contributed by atoms with Crippen molar-refractivity contribution >= 4 is 23.3 Å². The van der Waals surface area contributed by atoms with Crippen LogP contribution in [0.1, 0.15) is 11.5 Å². The molecule has 0 saturated carbocycles. The van der Waals surface area contributed by atoms with E-state index in [-0.39, 0.29) is 0 Å². The zero-order valence-electron chi connectivity index (χ0n) is 12.7. The molecule has 2 aromatic heterocycles. The minimum absolute atomic E-state index is 0.492. The van der Waals surface area contributed by atoms with Gasteiger partial charge in [-0.25, -0.2) is 4.98 Å². The van der Waals surface area contributed by atoms with E-state index in [2.05, 4.69) is 20.4 Å².